The Kier molecular flexibility index (Phi) is 7.32. The van der Waals surface area contributed by atoms with Gasteiger partial charge in [0, 0.05) is 6.42 Å². The molecule has 2 rings (SSSR count). The fourth-order valence-corrected chi connectivity index (χ4v) is 3.76. The molecular weight excluding hydrogens is 260 g/mol. The molecule has 0 aromatic rings. The van der Waals surface area contributed by atoms with Gasteiger partial charge < -0.3 is 4.74 Å². The molecule has 2 nitrogen and oxygen atoms in total. The van der Waals surface area contributed by atoms with Crippen molar-refractivity contribution in [3.05, 3.63) is 12.2 Å². The number of allylic oxidation sites excluding steroid dienone is 2. The summed E-state index contributed by atoms with van der Waals surface area (Å²) in [5, 5.41) is 0. The number of fused-ring (bicyclic) bond motifs is 2. The maximum atomic E-state index is 11.7. The van der Waals surface area contributed by atoms with Crippen LogP contribution in [-0.2, 0) is 9.53 Å². The van der Waals surface area contributed by atoms with Gasteiger partial charge in [0.05, 0.1) is 6.61 Å². The molecule has 0 aliphatic heterocycles. The zero-order valence-electron chi connectivity index (χ0n) is 13.7. The van der Waals surface area contributed by atoms with Gasteiger partial charge in [-0.3, -0.25) is 4.79 Å². The summed E-state index contributed by atoms with van der Waals surface area (Å²) in [5.41, 5.74) is 0. The van der Waals surface area contributed by atoms with E-state index in [4.69, 9.17) is 4.74 Å². The maximum absolute atomic E-state index is 11.7. The fourth-order valence-electron chi connectivity index (χ4n) is 3.76. The molecule has 0 radical (unpaired) electrons. The normalized spacial score (nSPS) is 26.4. The molecule has 0 N–H and O–H groups in total. The topological polar surface area (TPSA) is 26.3 Å². The predicted molar refractivity (Wildman–Crippen MR) is 87.0 cm³/mol. The lowest BCUT2D eigenvalue weighted by Crippen LogP contribution is -2.17. The van der Waals surface area contributed by atoms with Crippen molar-refractivity contribution in [1.29, 1.82) is 0 Å². The predicted octanol–water partition coefficient (Wildman–Crippen LogP) is 5.27. The third-order valence-electron chi connectivity index (χ3n) is 5.11. The van der Waals surface area contributed by atoms with Crippen LogP contribution in [0.3, 0.4) is 0 Å². The number of carbonyl (C=O) groups excluding carboxylic acids is 1. The molecule has 1 saturated carbocycles. The summed E-state index contributed by atoms with van der Waals surface area (Å²) < 4.78 is 5.47. The van der Waals surface area contributed by atoms with Crippen molar-refractivity contribution in [1.82, 2.24) is 0 Å². The van der Waals surface area contributed by atoms with E-state index >= 15 is 0 Å². The number of hydrogen-bond donors (Lipinski definition) is 0. The van der Waals surface area contributed by atoms with Crippen LogP contribution in [-0.4, -0.2) is 12.6 Å². The van der Waals surface area contributed by atoms with Crippen LogP contribution in [0.25, 0.3) is 0 Å². The Morgan fingerprint density at radius 3 is 2.33 bits per heavy atom. The Labute approximate surface area is 130 Å². The molecule has 0 saturated heterocycles. The Bertz CT molecular complexity index is 334. The van der Waals surface area contributed by atoms with Crippen LogP contribution in [0.5, 0.6) is 0 Å². The van der Waals surface area contributed by atoms with Crippen LogP contribution in [0.4, 0.5) is 0 Å². The first-order valence-corrected chi connectivity index (χ1v) is 9.13. The van der Waals surface area contributed by atoms with Gasteiger partial charge in [0.2, 0.25) is 0 Å². The molecule has 0 spiro atoms. The van der Waals surface area contributed by atoms with Crippen molar-refractivity contribution in [2.24, 2.45) is 17.8 Å². The number of unbranched alkanes of at least 4 members (excludes halogenated alkanes) is 7. The van der Waals surface area contributed by atoms with E-state index in [1.807, 2.05) is 0 Å². The minimum absolute atomic E-state index is 0.0211. The van der Waals surface area contributed by atoms with Gasteiger partial charge in [-0.15, -0.1) is 0 Å². The molecule has 2 aliphatic rings. The monoisotopic (exact) mass is 292 g/mol. The third kappa shape index (κ3) is 5.84. The Morgan fingerprint density at radius 2 is 1.71 bits per heavy atom. The Hall–Kier alpha value is -0.790. The number of hydrogen-bond acceptors (Lipinski definition) is 2. The minimum Gasteiger partial charge on any atom is -0.465 e. The largest absolute Gasteiger partial charge is 0.465 e. The summed E-state index contributed by atoms with van der Waals surface area (Å²) in [4.78, 5) is 11.7. The number of carbonyl (C=O) groups is 1. The van der Waals surface area contributed by atoms with Crippen LogP contribution < -0.4 is 0 Å². The molecule has 2 bridgehead atoms. The zero-order valence-corrected chi connectivity index (χ0v) is 13.7. The van der Waals surface area contributed by atoms with E-state index in [9.17, 15) is 4.79 Å². The van der Waals surface area contributed by atoms with Gasteiger partial charge in [-0.25, -0.2) is 0 Å². The minimum atomic E-state index is 0.0211. The molecule has 3 atom stereocenters. The molecule has 0 unspecified atom stereocenters. The second-order valence-corrected chi connectivity index (χ2v) is 6.95. The number of esters is 1. The average molecular weight is 292 g/mol. The first kappa shape index (κ1) is 16.6. The van der Waals surface area contributed by atoms with Crippen LogP contribution >= 0.6 is 0 Å². The summed E-state index contributed by atoms with van der Waals surface area (Å²) in [6.07, 6.45) is 18.0. The molecular formula is C19H32O2. The lowest BCUT2D eigenvalue weighted by Gasteiger charge is -2.17. The van der Waals surface area contributed by atoms with E-state index in [1.54, 1.807) is 0 Å². The molecule has 2 heteroatoms. The van der Waals surface area contributed by atoms with Crippen LogP contribution in [0.1, 0.15) is 77.6 Å². The molecule has 2 aliphatic carbocycles. The first-order valence-electron chi connectivity index (χ1n) is 9.13. The van der Waals surface area contributed by atoms with Crippen molar-refractivity contribution in [3.63, 3.8) is 0 Å². The number of rotatable bonds is 11. The summed E-state index contributed by atoms with van der Waals surface area (Å²) in [5.74, 6) is 2.08. The van der Waals surface area contributed by atoms with Gasteiger partial charge >= 0.3 is 5.97 Å². The molecule has 120 valence electrons. The van der Waals surface area contributed by atoms with Crippen molar-refractivity contribution in [2.75, 3.05) is 6.61 Å². The quantitative estimate of drug-likeness (QED) is 0.294. The van der Waals surface area contributed by atoms with Crippen LogP contribution in [0, 0.1) is 17.8 Å². The van der Waals surface area contributed by atoms with Crippen molar-refractivity contribution < 1.29 is 9.53 Å². The molecule has 0 heterocycles. The molecule has 0 aromatic heterocycles. The summed E-state index contributed by atoms with van der Waals surface area (Å²) in [7, 11) is 0. The van der Waals surface area contributed by atoms with Gasteiger partial charge in [0.25, 0.3) is 0 Å². The first-order chi connectivity index (χ1) is 10.3. The highest BCUT2D eigenvalue weighted by molar-refractivity contribution is 5.69. The van der Waals surface area contributed by atoms with Crippen LogP contribution in [0.15, 0.2) is 12.2 Å². The molecule has 0 amide bonds. The van der Waals surface area contributed by atoms with E-state index < -0.39 is 0 Å². The molecule has 0 aromatic carbocycles. The Balaban J connectivity index is 1.41. The third-order valence-corrected chi connectivity index (χ3v) is 5.11. The van der Waals surface area contributed by atoms with E-state index in [0.717, 1.165) is 12.3 Å². The standard InChI is InChI=1S/C19H32O2/c1-2-3-4-5-6-7-8-9-10-19(20)21-15-18-14-16-11-12-17(18)13-16/h11-12,16-18H,2-10,13-15H2,1H3/t16-,17+,18+/m1/s1. The van der Waals surface area contributed by atoms with Crippen molar-refractivity contribution in [2.45, 2.75) is 77.6 Å². The van der Waals surface area contributed by atoms with Crippen molar-refractivity contribution in [3.8, 4) is 0 Å². The van der Waals surface area contributed by atoms with E-state index in [0.29, 0.717) is 24.9 Å². The summed E-state index contributed by atoms with van der Waals surface area (Å²) in [6.45, 7) is 2.90. The average Bonchev–Trinajstić information content (AvgIpc) is 3.10. The molecule has 21 heavy (non-hydrogen) atoms. The van der Waals surface area contributed by atoms with Gasteiger partial charge in [0.1, 0.15) is 0 Å². The highest BCUT2D eigenvalue weighted by Crippen LogP contribution is 2.43. The van der Waals surface area contributed by atoms with Gasteiger partial charge in [-0.05, 0) is 37.0 Å². The zero-order chi connectivity index (χ0) is 14.9. The van der Waals surface area contributed by atoms with Gasteiger partial charge in [-0.1, -0.05) is 64.0 Å². The van der Waals surface area contributed by atoms with Gasteiger partial charge in [-0.2, -0.15) is 0 Å². The number of ether oxygens (including phenoxy) is 1. The summed E-state index contributed by atoms with van der Waals surface area (Å²) in [6, 6.07) is 0. The second-order valence-electron chi connectivity index (χ2n) is 6.95. The van der Waals surface area contributed by atoms with Crippen LogP contribution in [0.2, 0.25) is 0 Å². The van der Waals surface area contributed by atoms with E-state index in [1.165, 1.54) is 57.8 Å². The van der Waals surface area contributed by atoms with E-state index in [-0.39, 0.29) is 5.97 Å². The maximum Gasteiger partial charge on any atom is 0.305 e. The lowest BCUT2D eigenvalue weighted by atomic mass is 9.95. The van der Waals surface area contributed by atoms with Gasteiger partial charge in [0.15, 0.2) is 0 Å². The SMILES string of the molecule is CCCCCCCCCCC(=O)OC[C@@H]1C[C@@H]2C=C[C@H]1C2. The lowest BCUT2D eigenvalue weighted by molar-refractivity contribution is -0.145. The highest BCUT2D eigenvalue weighted by Gasteiger charge is 2.36. The molecule has 1 fully saturated rings. The van der Waals surface area contributed by atoms with E-state index in [2.05, 4.69) is 19.1 Å². The summed E-state index contributed by atoms with van der Waals surface area (Å²) >= 11 is 0. The smallest absolute Gasteiger partial charge is 0.305 e. The highest BCUT2D eigenvalue weighted by atomic mass is 16.5. The van der Waals surface area contributed by atoms with Crippen molar-refractivity contribution >= 4 is 5.97 Å². The Morgan fingerprint density at radius 1 is 1.00 bits per heavy atom. The second kappa shape index (κ2) is 9.27. The fraction of sp³-hybridized carbons (Fsp3) is 0.842.